The summed E-state index contributed by atoms with van der Waals surface area (Å²) in [5.41, 5.74) is 13.5. The van der Waals surface area contributed by atoms with E-state index in [0.29, 0.717) is 0 Å². The average molecular weight is 121 g/mol. The first-order chi connectivity index (χ1) is 1.41. The molecule has 5 heavy (non-hydrogen) atoms. The maximum Gasteiger partial charge on any atom is -0.255 e. The molecular weight excluding hydrogens is 120 g/mol. The Morgan fingerprint density at radius 1 is 1.20 bits per heavy atom. The van der Waals surface area contributed by atoms with E-state index in [4.69, 9.17) is 11.1 Å². The second-order valence-corrected chi connectivity index (χ2v) is 0.0894. The van der Waals surface area contributed by atoms with Crippen molar-refractivity contribution in [3.8, 4) is 0 Å². The molecule has 0 radical (unpaired) electrons. The van der Waals surface area contributed by atoms with Crippen LogP contribution in [0.2, 0.25) is 0 Å². The van der Waals surface area contributed by atoms with Crippen LogP contribution in [0.1, 0.15) is 0 Å². The summed E-state index contributed by atoms with van der Waals surface area (Å²) in [7, 11) is 0. The number of rotatable bonds is 0. The van der Waals surface area contributed by atoms with Crippen molar-refractivity contribution < 1.29 is 51.4 Å². The van der Waals surface area contributed by atoms with Gasteiger partial charge in [0, 0.05) is 0 Å². The molecule has 0 aliphatic carbocycles. The first-order valence-corrected chi connectivity index (χ1v) is 0.400. The van der Waals surface area contributed by atoms with Crippen molar-refractivity contribution >= 4 is 51.4 Å². The molecule has 0 saturated heterocycles. The van der Waals surface area contributed by atoms with Gasteiger partial charge in [-0.1, -0.05) is 0 Å². The van der Waals surface area contributed by atoms with E-state index in [9.17, 15) is 0 Å². The zero-order valence-electron chi connectivity index (χ0n) is 2.34. The minimum atomic E-state index is 0. The van der Waals surface area contributed by atoms with Crippen LogP contribution in [-0.2, 0) is 0 Å². The smallest absolute Gasteiger partial charge is 0.255 e. The summed E-state index contributed by atoms with van der Waals surface area (Å²) in [5.74, 6) is 0. The van der Waals surface area contributed by atoms with Crippen LogP contribution in [0.5, 0.6) is 0 Å². The molecule has 0 bridgehead atoms. The third kappa shape index (κ3) is 20.7. The van der Waals surface area contributed by atoms with Gasteiger partial charge in [0.15, 0.2) is 0 Å². The number of nitrogens with zero attached hydrogens (tertiary/aromatic N) is 3. The van der Waals surface area contributed by atoms with Gasteiger partial charge in [-0.3, -0.25) is 4.91 Å². The Morgan fingerprint density at radius 2 is 1.20 bits per heavy atom. The van der Waals surface area contributed by atoms with E-state index in [2.05, 4.69) is 0 Å². The fourth-order valence-electron chi connectivity index (χ4n) is 0. The van der Waals surface area contributed by atoms with Crippen molar-refractivity contribution in [1.82, 2.24) is 0 Å². The van der Waals surface area contributed by atoms with Gasteiger partial charge in [0.1, 0.15) is 0 Å². The maximum absolute atomic E-state index is 6.75. The molecule has 0 spiro atoms. The summed E-state index contributed by atoms with van der Waals surface area (Å²) in [6.45, 7) is 0. The van der Waals surface area contributed by atoms with E-state index in [1.54, 1.807) is 0 Å². The van der Waals surface area contributed by atoms with Crippen molar-refractivity contribution in [2.24, 2.45) is 0 Å². The van der Waals surface area contributed by atoms with Crippen molar-refractivity contribution in [2.75, 3.05) is 0 Å². The van der Waals surface area contributed by atoms with Crippen LogP contribution in [0, 0.1) is 0 Å². The van der Waals surface area contributed by atoms with Crippen LogP contribution in [0.4, 0.5) is 0 Å². The molecule has 0 aliphatic rings. The van der Waals surface area contributed by atoms with E-state index >= 15 is 0 Å². The Balaban J connectivity index is -0.0000000200. The minimum absolute atomic E-state index is 0. The van der Waals surface area contributed by atoms with Crippen LogP contribution in [0.25, 0.3) is 16.0 Å². The van der Waals surface area contributed by atoms with Crippen molar-refractivity contribution in [3.05, 3.63) is 16.0 Å². The Labute approximate surface area is 115 Å². The van der Waals surface area contributed by atoms with Crippen LogP contribution in [0.15, 0.2) is 0 Å². The minimum Gasteiger partial charge on any atom is -0.373 e. The standard InChI is InChI=1S/2K.N3.H/c;;1-3-2;/q;+1;-1;. The Kier molecular flexibility index (Phi) is 50.0. The fraction of sp³-hybridized carbons (Fsp3) is 0. The van der Waals surface area contributed by atoms with Crippen LogP contribution in [-0.4, -0.2) is 51.4 Å². The van der Waals surface area contributed by atoms with E-state index < -0.39 is 0 Å². The summed E-state index contributed by atoms with van der Waals surface area (Å²) in [6, 6.07) is 0. The molecule has 0 heterocycles. The van der Waals surface area contributed by atoms with Gasteiger partial charge in [-0.05, 0) is 0 Å². The third-order valence-corrected chi connectivity index (χ3v) is 0. The molecule has 0 aromatic heterocycles. The molecule has 0 N–H and O–H groups in total. The predicted molar refractivity (Wildman–Crippen MR) is 17.2 cm³/mol. The zero-order chi connectivity index (χ0) is 2.71. The van der Waals surface area contributed by atoms with Crippen molar-refractivity contribution in [3.63, 3.8) is 0 Å². The van der Waals surface area contributed by atoms with Crippen LogP contribution < -0.4 is 51.4 Å². The molecule has 0 aliphatic heterocycles. The summed E-state index contributed by atoms with van der Waals surface area (Å²) < 4.78 is 0. The number of hydrogen-bond donors (Lipinski definition) is 0. The van der Waals surface area contributed by atoms with Gasteiger partial charge in [-0.15, -0.1) is 0 Å². The molecule has 0 unspecified atom stereocenters. The average Bonchev–Trinajstić information content (AvgIpc) is 0.918. The van der Waals surface area contributed by atoms with Gasteiger partial charge in [-0.25, -0.2) is 0 Å². The summed E-state index contributed by atoms with van der Waals surface area (Å²) in [5, 5.41) is 0. The third-order valence-electron chi connectivity index (χ3n) is 0. The quantitative estimate of drug-likeness (QED) is 0.144. The van der Waals surface area contributed by atoms with Gasteiger partial charge in [0.05, 0.1) is 0 Å². The van der Waals surface area contributed by atoms with Crippen molar-refractivity contribution in [1.29, 1.82) is 0 Å². The van der Waals surface area contributed by atoms with Gasteiger partial charge in [0.2, 0.25) is 0 Å². The Bertz CT molecular complexity index is 25.9. The van der Waals surface area contributed by atoms with Gasteiger partial charge >= 0.3 is 103 Å². The summed E-state index contributed by atoms with van der Waals surface area (Å²) in [6.07, 6.45) is 0. The predicted octanol–water partition coefficient (Wildman–Crippen LogP) is -2.78. The Morgan fingerprint density at radius 3 is 1.20 bits per heavy atom. The van der Waals surface area contributed by atoms with E-state index in [1.165, 1.54) is 4.91 Å². The number of hydrogen-bond acceptors (Lipinski definition) is 0. The molecule has 0 amide bonds. The topological polar surface area (TPSA) is 58.7 Å². The largest absolute Gasteiger partial charge is 0.373 e. The second kappa shape index (κ2) is 16.0. The molecule has 3 nitrogen and oxygen atoms in total. The maximum atomic E-state index is 6.75. The molecule has 0 rings (SSSR count). The van der Waals surface area contributed by atoms with E-state index in [0.717, 1.165) is 0 Å². The summed E-state index contributed by atoms with van der Waals surface area (Å²) >= 11 is 0. The SMILES string of the molecule is [K+].[KH].[N-]=[N+]=[N-]. The summed E-state index contributed by atoms with van der Waals surface area (Å²) in [4.78, 5) is 1.50. The van der Waals surface area contributed by atoms with Crippen LogP contribution >= 0.6 is 0 Å². The molecule has 0 fully saturated rings. The molecule has 0 aromatic carbocycles. The molecule has 0 saturated carbocycles. The van der Waals surface area contributed by atoms with Crippen LogP contribution in [0.3, 0.4) is 0 Å². The Hall–Kier alpha value is 2.58. The molecule has 0 atom stereocenters. The normalized spacial score (nSPS) is 1.60. The van der Waals surface area contributed by atoms with E-state index in [1.807, 2.05) is 0 Å². The second-order valence-electron chi connectivity index (χ2n) is 0.0894. The monoisotopic (exact) mass is 121 g/mol. The first-order valence-electron chi connectivity index (χ1n) is 0.400. The first kappa shape index (κ1) is 15.6. The van der Waals surface area contributed by atoms with Gasteiger partial charge < -0.3 is 11.1 Å². The molecule has 5 heteroatoms. The van der Waals surface area contributed by atoms with Gasteiger partial charge in [-0.2, -0.15) is 0 Å². The molecular formula is HK2N3. The molecule has 0 aromatic rings. The molecule has 18 valence electrons. The zero-order valence-corrected chi connectivity index (χ0v) is 5.46. The van der Waals surface area contributed by atoms with Gasteiger partial charge in [0.25, 0.3) is 0 Å². The van der Waals surface area contributed by atoms with Crippen molar-refractivity contribution in [2.45, 2.75) is 0 Å². The fourth-order valence-corrected chi connectivity index (χ4v) is 0. The van der Waals surface area contributed by atoms with E-state index in [-0.39, 0.29) is 103 Å².